The Hall–Kier alpha value is -2.98. The molecule has 0 bridgehead atoms. The molecule has 8 nitrogen and oxygen atoms in total. The summed E-state index contributed by atoms with van der Waals surface area (Å²) in [5, 5.41) is 2.89. The second-order valence-electron chi connectivity index (χ2n) is 8.54. The first-order valence-electron chi connectivity index (χ1n) is 11.0. The van der Waals surface area contributed by atoms with Crippen LogP contribution in [0, 0.1) is 17.7 Å². The normalized spacial score (nSPS) is 15.4. The summed E-state index contributed by atoms with van der Waals surface area (Å²) in [5.41, 5.74) is 0.917. The maximum Gasteiger partial charge on any atom is 0.324 e. The van der Waals surface area contributed by atoms with Gasteiger partial charge < -0.3 is 14.8 Å². The molecule has 0 heterocycles. The van der Waals surface area contributed by atoms with Crippen LogP contribution in [0.15, 0.2) is 53.4 Å². The number of amides is 1. The van der Waals surface area contributed by atoms with E-state index in [9.17, 15) is 22.4 Å². The van der Waals surface area contributed by atoms with Crippen LogP contribution in [0.2, 0.25) is 0 Å². The minimum atomic E-state index is -4.32. The molecule has 0 saturated heterocycles. The first-order chi connectivity index (χ1) is 16.1. The van der Waals surface area contributed by atoms with E-state index in [0.29, 0.717) is 11.7 Å². The van der Waals surface area contributed by atoms with Gasteiger partial charge in [0, 0.05) is 0 Å². The highest BCUT2D eigenvalue weighted by Gasteiger charge is 2.34. The molecule has 2 N–H and O–H groups in total. The first kappa shape index (κ1) is 25.6. The highest BCUT2D eigenvalue weighted by molar-refractivity contribution is 7.89. The van der Waals surface area contributed by atoms with E-state index in [0.717, 1.165) is 30.5 Å². The molecule has 2 aromatic rings. The number of esters is 1. The van der Waals surface area contributed by atoms with Crippen molar-refractivity contribution in [2.24, 2.45) is 11.8 Å². The van der Waals surface area contributed by atoms with Gasteiger partial charge in [0.05, 0.1) is 13.2 Å². The predicted octanol–water partition coefficient (Wildman–Crippen LogP) is 2.95. The molecule has 0 spiro atoms. The molecule has 184 valence electrons. The molecular weight excluding hydrogens is 463 g/mol. The SMILES string of the molecule is COc1ccc(C(NC(=O)COC(=O)[C@@H](NS(=O)(=O)c2ccccc2F)C(C)C)C2CC2)cc1. The van der Waals surface area contributed by atoms with Gasteiger partial charge in [-0.25, -0.2) is 12.8 Å². The van der Waals surface area contributed by atoms with Crippen LogP contribution < -0.4 is 14.8 Å². The monoisotopic (exact) mass is 492 g/mol. The topological polar surface area (TPSA) is 111 Å². The Morgan fingerprint density at radius 3 is 2.29 bits per heavy atom. The Morgan fingerprint density at radius 1 is 1.09 bits per heavy atom. The molecule has 10 heteroatoms. The maximum atomic E-state index is 14.0. The zero-order valence-electron chi connectivity index (χ0n) is 19.3. The molecule has 0 radical (unpaired) electrons. The molecule has 1 saturated carbocycles. The second kappa shape index (κ2) is 11.0. The van der Waals surface area contributed by atoms with Crippen molar-refractivity contribution in [2.45, 2.75) is 43.7 Å². The van der Waals surface area contributed by atoms with E-state index in [2.05, 4.69) is 10.0 Å². The first-order valence-corrected chi connectivity index (χ1v) is 12.5. The van der Waals surface area contributed by atoms with Crippen molar-refractivity contribution < 1.29 is 31.9 Å². The van der Waals surface area contributed by atoms with Crippen molar-refractivity contribution in [1.82, 2.24) is 10.0 Å². The van der Waals surface area contributed by atoms with E-state index in [1.54, 1.807) is 21.0 Å². The third-order valence-corrected chi connectivity index (χ3v) is 7.03. The van der Waals surface area contributed by atoms with Crippen molar-refractivity contribution in [2.75, 3.05) is 13.7 Å². The number of methoxy groups -OCH3 is 1. The summed E-state index contributed by atoms with van der Waals surface area (Å²) in [6.45, 7) is 2.66. The van der Waals surface area contributed by atoms with Crippen LogP contribution >= 0.6 is 0 Å². The second-order valence-corrected chi connectivity index (χ2v) is 10.2. The van der Waals surface area contributed by atoms with Gasteiger partial charge in [0.1, 0.15) is 22.5 Å². The number of nitrogens with one attached hydrogen (secondary N) is 2. The minimum Gasteiger partial charge on any atom is -0.497 e. The number of sulfonamides is 1. The Balaban J connectivity index is 1.61. The molecule has 1 aliphatic rings. The fraction of sp³-hybridized carbons (Fsp3) is 0.417. The van der Waals surface area contributed by atoms with Gasteiger partial charge >= 0.3 is 5.97 Å². The number of hydrogen-bond acceptors (Lipinski definition) is 6. The van der Waals surface area contributed by atoms with Gasteiger partial charge in [-0.15, -0.1) is 0 Å². The van der Waals surface area contributed by atoms with Crippen LogP contribution in [0.1, 0.15) is 38.3 Å². The zero-order valence-corrected chi connectivity index (χ0v) is 20.1. The third kappa shape index (κ3) is 6.54. The van der Waals surface area contributed by atoms with Gasteiger partial charge in [0.25, 0.3) is 5.91 Å². The summed E-state index contributed by atoms with van der Waals surface area (Å²) in [5.74, 6) is -1.86. The lowest BCUT2D eigenvalue weighted by Crippen LogP contribution is -2.46. The zero-order chi connectivity index (χ0) is 24.9. The Kier molecular flexibility index (Phi) is 8.27. The van der Waals surface area contributed by atoms with Crippen molar-refractivity contribution in [3.63, 3.8) is 0 Å². The summed E-state index contributed by atoms with van der Waals surface area (Å²) in [6, 6.07) is 10.7. The summed E-state index contributed by atoms with van der Waals surface area (Å²) in [7, 11) is -2.75. The highest BCUT2D eigenvalue weighted by Crippen LogP contribution is 2.41. The number of benzene rings is 2. The molecule has 3 rings (SSSR count). The lowest BCUT2D eigenvalue weighted by Gasteiger charge is -2.22. The van der Waals surface area contributed by atoms with E-state index < -0.39 is 51.2 Å². The lowest BCUT2D eigenvalue weighted by molar-refractivity contribution is -0.151. The highest BCUT2D eigenvalue weighted by atomic mass is 32.2. The average Bonchev–Trinajstić information content (AvgIpc) is 3.65. The molecule has 34 heavy (non-hydrogen) atoms. The fourth-order valence-corrected chi connectivity index (χ4v) is 4.92. The van der Waals surface area contributed by atoms with Gasteiger partial charge in [0.2, 0.25) is 10.0 Å². The van der Waals surface area contributed by atoms with Crippen LogP contribution in [0.5, 0.6) is 5.75 Å². The smallest absolute Gasteiger partial charge is 0.324 e. The van der Waals surface area contributed by atoms with Crippen LogP contribution in [0.25, 0.3) is 0 Å². The van der Waals surface area contributed by atoms with Gasteiger partial charge in [-0.2, -0.15) is 4.72 Å². The summed E-state index contributed by atoms with van der Waals surface area (Å²) >= 11 is 0. The van der Waals surface area contributed by atoms with Gasteiger partial charge in [-0.3, -0.25) is 9.59 Å². The van der Waals surface area contributed by atoms with E-state index in [1.807, 2.05) is 24.3 Å². The van der Waals surface area contributed by atoms with Crippen LogP contribution in [-0.4, -0.2) is 40.1 Å². The number of hydrogen-bond donors (Lipinski definition) is 2. The van der Waals surface area contributed by atoms with Crippen molar-refractivity contribution >= 4 is 21.9 Å². The molecule has 1 unspecified atom stereocenters. The van der Waals surface area contributed by atoms with E-state index >= 15 is 0 Å². The van der Waals surface area contributed by atoms with Gasteiger partial charge in [-0.05, 0) is 54.5 Å². The predicted molar refractivity (Wildman–Crippen MR) is 123 cm³/mol. The van der Waals surface area contributed by atoms with E-state index in [1.165, 1.54) is 12.1 Å². The standard InChI is InChI=1S/C24H29FN2O6S/c1-15(2)22(27-34(30,31)20-7-5-4-6-19(20)25)24(29)33-14-21(28)26-23(16-8-9-16)17-10-12-18(32-3)13-11-17/h4-7,10-13,15-16,22-23,27H,8-9,14H2,1-3H3,(H,26,28)/t22-,23?/m0/s1. The Morgan fingerprint density at radius 2 is 1.74 bits per heavy atom. The molecular formula is C24H29FN2O6S. The number of carbonyl (C=O) groups excluding carboxylic acids is 2. The van der Waals surface area contributed by atoms with Crippen LogP contribution in [0.3, 0.4) is 0 Å². The number of ether oxygens (including phenoxy) is 2. The van der Waals surface area contributed by atoms with E-state index in [4.69, 9.17) is 9.47 Å². The molecule has 1 amide bonds. The Bertz CT molecular complexity index is 1120. The van der Waals surface area contributed by atoms with Crippen LogP contribution in [-0.2, 0) is 24.3 Å². The molecule has 1 fully saturated rings. The molecule has 0 aliphatic heterocycles. The Labute approximate surface area is 198 Å². The van der Waals surface area contributed by atoms with Crippen molar-refractivity contribution in [3.8, 4) is 5.75 Å². The quantitative estimate of drug-likeness (QED) is 0.467. The molecule has 2 atom stereocenters. The molecule has 1 aliphatic carbocycles. The largest absolute Gasteiger partial charge is 0.497 e. The van der Waals surface area contributed by atoms with Gasteiger partial charge in [0.15, 0.2) is 6.61 Å². The fourth-order valence-electron chi connectivity index (χ4n) is 3.51. The minimum absolute atomic E-state index is 0.224. The van der Waals surface area contributed by atoms with Crippen molar-refractivity contribution in [3.05, 3.63) is 59.9 Å². The maximum absolute atomic E-state index is 14.0. The molecule has 2 aromatic carbocycles. The average molecular weight is 493 g/mol. The summed E-state index contributed by atoms with van der Waals surface area (Å²) < 4.78 is 51.6. The number of halogens is 1. The lowest BCUT2D eigenvalue weighted by atomic mass is 10.0. The number of rotatable bonds is 11. The van der Waals surface area contributed by atoms with Crippen molar-refractivity contribution in [1.29, 1.82) is 0 Å². The van der Waals surface area contributed by atoms with Gasteiger partial charge in [-0.1, -0.05) is 38.1 Å². The summed E-state index contributed by atoms with van der Waals surface area (Å²) in [4.78, 5) is 24.6. The number of carbonyl (C=O) groups is 2. The molecule has 0 aromatic heterocycles. The van der Waals surface area contributed by atoms with E-state index in [-0.39, 0.29) is 6.04 Å². The third-order valence-electron chi connectivity index (χ3n) is 5.56. The summed E-state index contributed by atoms with van der Waals surface area (Å²) in [6.07, 6.45) is 1.95. The van der Waals surface area contributed by atoms with Crippen LogP contribution in [0.4, 0.5) is 4.39 Å².